The average molecular weight is 213 g/mol. The van der Waals surface area contributed by atoms with Crippen LogP contribution in [0.5, 0.6) is 0 Å². The second kappa shape index (κ2) is 4.02. The van der Waals surface area contributed by atoms with Crippen LogP contribution in [0.3, 0.4) is 0 Å². The van der Waals surface area contributed by atoms with E-state index >= 15 is 0 Å². The minimum absolute atomic E-state index is 0.236. The van der Waals surface area contributed by atoms with Crippen LogP contribution in [-0.2, 0) is 0 Å². The van der Waals surface area contributed by atoms with Crippen molar-refractivity contribution in [2.75, 3.05) is 11.5 Å². The number of benzene rings is 2. The molecule has 4 nitrogen and oxygen atoms in total. The van der Waals surface area contributed by atoms with E-state index in [0.717, 1.165) is 5.56 Å². The second-order valence-corrected chi connectivity index (χ2v) is 3.42. The van der Waals surface area contributed by atoms with Crippen LogP contribution in [0.1, 0.15) is 0 Å². The van der Waals surface area contributed by atoms with Crippen molar-refractivity contribution in [3.8, 4) is 11.1 Å². The molecule has 0 atom stereocenters. The summed E-state index contributed by atoms with van der Waals surface area (Å²) in [5.74, 6) is 0. The van der Waals surface area contributed by atoms with E-state index in [2.05, 4.69) is 5.18 Å². The predicted molar refractivity (Wildman–Crippen MR) is 66.2 cm³/mol. The Hall–Kier alpha value is -2.36. The highest BCUT2D eigenvalue weighted by molar-refractivity contribution is 5.88. The summed E-state index contributed by atoms with van der Waals surface area (Å²) in [6.07, 6.45) is 0. The molecule has 0 fully saturated rings. The monoisotopic (exact) mass is 213 g/mol. The molecule has 0 saturated heterocycles. The van der Waals surface area contributed by atoms with Crippen LogP contribution in [0.15, 0.2) is 47.6 Å². The molecule has 0 aliphatic rings. The molecule has 2 aromatic carbocycles. The molecule has 2 rings (SSSR count). The Morgan fingerprint density at radius 1 is 0.812 bits per heavy atom. The van der Waals surface area contributed by atoms with Gasteiger partial charge in [-0.1, -0.05) is 30.3 Å². The lowest BCUT2D eigenvalue weighted by atomic mass is 10.0. The molecule has 0 aromatic heterocycles. The zero-order valence-electron chi connectivity index (χ0n) is 8.55. The van der Waals surface area contributed by atoms with E-state index in [4.69, 9.17) is 11.5 Å². The van der Waals surface area contributed by atoms with E-state index in [1.165, 1.54) is 0 Å². The number of hydrogen-bond acceptors (Lipinski definition) is 4. The Morgan fingerprint density at radius 3 is 2.12 bits per heavy atom. The third kappa shape index (κ3) is 1.61. The fourth-order valence-electron chi connectivity index (χ4n) is 1.62. The normalized spacial score (nSPS) is 10.0. The fourth-order valence-corrected chi connectivity index (χ4v) is 1.62. The van der Waals surface area contributed by atoms with E-state index in [9.17, 15) is 4.91 Å². The second-order valence-electron chi connectivity index (χ2n) is 3.42. The number of nitrogens with zero attached hydrogens (tertiary/aromatic N) is 1. The van der Waals surface area contributed by atoms with Gasteiger partial charge in [-0.25, -0.2) is 0 Å². The molecule has 80 valence electrons. The number of hydrogen-bond donors (Lipinski definition) is 2. The number of nitrogen functional groups attached to an aromatic ring is 2. The maximum atomic E-state index is 10.8. The summed E-state index contributed by atoms with van der Waals surface area (Å²) in [4.78, 5) is 10.8. The van der Waals surface area contributed by atoms with E-state index in [1.54, 1.807) is 24.3 Å². The lowest BCUT2D eigenvalue weighted by molar-refractivity contribution is 1.48. The molecule has 16 heavy (non-hydrogen) atoms. The van der Waals surface area contributed by atoms with Crippen molar-refractivity contribution in [1.29, 1.82) is 0 Å². The molecule has 0 spiro atoms. The van der Waals surface area contributed by atoms with Gasteiger partial charge in [0.15, 0.2) is 0 Å². The quantitative estimate of drug-likeness (QED) is 0.594. The van der Waals surface area contributed by atoms with Crippen molar-refractivity contribution in [2.45, 2.75) is 0 Å². The molecule has 0 aliphatic heterocycles. The van der Waals surface area contributed by atoms with Gasteiger partial charge in [0, 0.05) is 16.8 Å². The van der Waals surface area contributed by atoms with E-state index in [0.29, 0.717) is 16.9 Å². The highest BCUT2D eigenvalue weighted by Crippen LogP contribution is 2.37. The van der Waals surface area contributed by atoms with Crippen molar-refractivity contribution in [1.82, 2.24) is 0 Å². The van der Waals surface area contributed by atoms with Crippen molar-refractivity contribution in [3.05, 3.63) is 47.4 Å². The first-order valence-electron chi connectivity index (χ1n) is 4.80. The largest absolute Gasteiger partial charge is 0.398 e. The predicted octanol–water partition coefficient (Wildman–Crippen LogP) is 2.92. The highest BCUT2D eigenvalue weighted by atomic mass is 16.3. The molecule has 4 N–H and O–H groups in total. The Balaban J connectivity index is 2.69. The standard InChI is InChI=1S/C12H11N3O/c13-10-6-2-1-4-8(10)9-5-3-7-11(14)12(9)15-16/h1-7H,13-14H2. The maximum absolute atomic E-state index is 10.8. The first-order chi connectivity index (χ1) is 7.74. The van der Waals surface area contributed by atoms with Crippen LogP contribution >= 0.6 is 0 Å². The topological polar surface area (TPSA) is 81.5 Å². The van der Waals surface area contributed by atoms with Gasteiger partial charge >= 0.3 is 0 Å². The first kappa shape index (κ1) is 10.2. The SMILES string of the molecule is Nc1ccccc1-c1cccc(N)c1N=O. The summed E-state index contributed by atoms with van der Waals surface area (Å²) in [5.41, 5.74) is 14.1. The third-order valence-electron chi connectivity index (χ3n) is 2.41. The van der Waals surface area contributed by atoms with Gasteiger partial charge in [0.25, 0.3) is 0 Å². The van der Waals surface area contributed by atoms with Gasteiger partial charge in [-0.05, 0) is 17.3 Å². The van der Waals surface area contributed by atoms with Crippen LogP contribution in [0.2, 0.25) is 0 Å². The maximum Gasteiger partial charge on any atom is 0.138 e. The Kier molecular flexibility index (Phi) is 2.55. The van der Waals surface area contributed by atoms with Crippen LogP contribution in [-0.4, -0.2) is 0 Å². The lowest BCUT2D eigenvalue weighted by Crippen LogP contribution is -1.92. The first-order valence-corrected chi connectivity index (χ1v) is 4.80. The zero-order chi connectivity index (χ0) is 11.5. The van der Waals surface area contributed by atoms with Crippen molar-refractivity contribution in [3.63, 3.8) is 0 Å². The van der Waals surface area contributed by atoms with E-state index in [-0.39, 0.29) is 5.69 Å². The molecule has 0 radical (unpaired) electrons. The van der Waals surface area contributed by atoms with Crippen LogP contribution in [0.25, 0.3) is 11.1 Å². The number of rotatable bonds is 2. The van der Waals surface area contributed by atoms with E-state index in [1.807, 2.05) is 18.2 Å². The average Bonchev–Trinajstić information content (AvgIpc) is 2.29. The van der Waals surface area contributed by atoms with Gasteiger partial charge < -0.3 is 11.5 Å². The Morgan fingerprint density at radius 2 is 1.44 bits per heavy atom. The van der Waals surface area contributed by atoms with Gasteiger partial charge in [0.05, 0.1) is 5.69 Å². The molecule has 0 amide bonds. The fraction of sp³-hybridized carbons (Fsp3) is 0. The molecular formula is C12H11N3O. The number of nitroso groups, excluding NO2 is 1. The minimum Gasteiger partial charge on any atom is -0.398 e. The highest BCUT2D eigenvalue weighted by Gasteiger charge is 2.10. The summed E-state index contributed by atoms with van der Waals surface area (Å²) >= 11 is 0. The molecule has 4 heteroatoms. The van der Waals surface area contributed by atoms with Crippen molar-refractivity contribution >= 4 is 17.1 Å². The lowest BCUT2D eigenvalue weighted by Gasteiger charge is -2.08. The summed E-state index contributed by atoms with van der Waals surface area (Å²) in [5, 5.41) is 2.96. The molecule has 0 heterocycles. The third-order valence-corrected chi connectivity index (χ3v) is 2.41. The summed E-state index contributed by atoms with van der Waals surface area (Å²) < 4.78 is 0. The van der Waals surface area contributed by atoms with Crippen molar-refractivity contribution in [2.24, 2.45) is 5.18 Å². The molecule has 0 aliphatic carbocycles. The summed E-state index contributed by atoms with van der Waals surface area (Å²) in [6, 6.07) is 12.5. The van der Waals surface area contributed by atoms with Crippen molar-refractivity contribution < 1.29 is 0 Å². The number of nitrogens with two attached hydrogens (primary N) is 2. The van der Waals surface area contributed by atoms with Crippen LogP contribution in [0.4, 0.5) is 17.1 Å². The molecule has 0 unspecified atom stereocenters. The minimum atomic E-state index is 0.236. The van der Waals surface area contributed by atoms with Gasteiger partial charge in [-0.2, -0.15) is 0 Å². The summed E-state index contributed by atoms with van der Waals surface area (Å²) in [6.45, 7) is 0. The van der Waals surface area contributed by atoms with Crippen LogP contribution < -0.4 is 11.5 Å². The Bertz CT molecular complexity index is 538. The number of para-hydroxylation sites is 1. The molecular weight excluding hydrogens is 202 g/mol. The molecule has 2 aromatic rings. The zero-order valence-corrected chi connectivity index (χ0v) is 8.55. The Labute approximate surface area is 92.9 Å². The molecule has 0 saturated carbocycles. The van der Waals surface area contributed by atoms with Gasteiger partial charge in [0.1, 0.15) is 5.69 Å². The van der Waals surface area contributed by atoms with Gasteiger partial charge in [0.2, 0.25) is 0 Å². The van der Waals surface area contributed by atoms with Crippen LogP contribution in [0, 0.1) is 4.91 Å². The van der Waals surface area contributed by atoms with E-state index < -0.39 is 0 Å². The molecule has 0 bridgehead atoms. The summed E-state index contributed by atoms with van der Waals surface area (Å²) in [7, 11) is 0. The van der Waals surface area contributed by atoms with Gasteiger partial charge in [-0.3, -0.25) is 0 Å². The smallest absolute Gasteiger partial charge is 0.138 e. The van der Waals surface area contributed by atoms with Gasteiger partial charge in [-0.15, -0.1) is 4.91 Å². The number of anilines is 2.